The van der Waals surface area contributed by atoms with Gasteiger partial charge in [-0.05, 0) is 44.8 Å². The lowest BCUT2D eigenvalue weighted by Gasteiger charge is -2.41. The molecule has 19 heavy (non-hydrogen) atoms. The predicted molar refractivity (Wildman–Crippen MR) is 82.6 cm³/mol. The Morgan fingerprint density at radius 1 is 1.21 bits per heavy atom. The van der Waals surface area contributed by atoms with Crippen molar-refractivity contribution < 1.29 is 4.79 Å². The van der Waals surface area contributed by atoms with Gasteiger partial charge in [-0.1, -0.05) is 13.8 Å². The molecule has 1 saturated carbocycles. The van der Waals surface area contributed by atoms with E-state index < -0.39 is 0 Å². The number of hydrogen-bond acceptors (Lipinski definition) is 3. The molecule has 2 fully saturated rings. The van der Waals surface area contributed by atoms with Crippen LogP contribution >= 0.6 is 11.8 Å². The van der Waals surface area contributed by atoms with Gasteiger partial charge in [0, 0.05) is 23.9 Å². The molecule has 1 aliphatic carbocycles. The van der Waals surface area contributed by atoms with E-state index in [1.807, 2.05) is 11.8 Å². The lowest BCUT2D eigenvalue weighted by atomic mass is 9.91. The van der Waals surface area contributed by atoms with Gasteiger partial charge >= 0.3 is 0 Å². The van der Waals surface area contributed by atoms with Gasteiger partial charge in [-0.3, -0.25) is 4.79 Å². The van der Waals surface area contributed by atoms with Gasteiger partial charge in [0.15, 0.2) is 0 Å². The monoisotopic (exact) mass is 284 g/mol. The lowest BCUT2D eigenvalue weighted by molar-refractivity contribution is -0.139. The largest absolute Gasteiger partial charge is 0.338 e. The number of carbonyl (C=O) groups is 1. The van der Waals surface area contributed by atoms with Crippen molar-refractivity contribution in [2.24, 2.45) is 0 Å². The minimum atomic E-state index is 0.0621. The highest BCUT2D eigenvalue weighted by atomic mass is 32.2. The highest BCUT2D eigenvalue weighted by Gasteiger charge is 2.34. The first-order valence-corrected chi connectivity index (χ1v) is 9.00. The number of rotatable bonds is 4. The normalized spacial score (nSPS) is 32.9. The third-order valence-corrected chi connectivity index (χ3v) is 5.56. The molecule has 1 aliphatic heterocycles. The zero-order valence-electron chi connectivity index (χ0n) is 12.5. The molecular formula is C15H28N2OS. The van der Waals surface area contributed by atoms with Crippen molar-refractivity contribution in [3.05, 3.63) is 0 Å². The summed E-state index contributed by atoms with van der Waals surface area (Å²) in [6, 6.07) is 0.959. The van der Waals surface area contributed by atoms with Crippen LogP contribution in [-0.4, -0.2) is 47.0 Å². The second kappa shape index (κ2) is 6.98. The van der Waals surface area contributed by atoms with Gasteiger partial charge in [0.05, 0.1) is 6.04 Å². The molecule has 1 amide bonds. The van der Waals surface area contributed by atoms with E-state index in [1.54, 1.807) is 0 Å². The Hall–Kier alpha value is -0.220. The molecule has 2 aliphatic rings. The molecule has 0 aromatic rings. The van der Waals surface area contributed by atoms with Crippen molar-refractivity contribution in [3.63, 3.8) is 0 Å². The first-order chi connectivity index (χ1) is 9.11. The summed E-state index contributed by atoms with van der Waals surface area (Å²) in [5.74, 6) is 0.354. The van der Waals surface area contributed by atoms with Crippen molar-refractivity contribution in [2.45, 2.75) is 75.7 Å². The summed E-state index contributed by atoms with van der Waals surface area (Å²) in [6.45, 7) is 5.22. The summed E-state index contributed by atoms with van der Waals surface area (Å²) in [4.78, 5) is 14.8. The molecule has 3 nitrogen and oxygen atoms in total. The van der Waals surface area contributed by atoms with Gasteiger partial charge in [0.1, 0.15) is 0 Å². The molecular weight excluding hydrogens is 256 g/mol. The smallest absolute Gasteiger partial charge is 0.239 e. The number of thioether (sulfide) groups is 1. The van der Waals surface area contributed by atoms with Gasteiger partial charge in [0.2, 0.25) is 5.91 Å². The molecule has 1 atom stereocenters. The summed E-state index contributed by atoms with van der Waals surface area (Å²) in [7, 11) is 0. The number of likely N-dealkylation sites (tertiary alicyclic amines) is 1. The van der Waals surface area contributed by atoms with Crippen molar-refractivity contribution in [3.8, 4) is 0 Å². The average Bonchev–Trinajstić information content (AvgIpc) is 2.41. The van der Waals surface area contributed by atoms with Crippen LogP contribution in [0.2, 0.25) is 0 Å². The van der Waals surface area contributed by atoms with Gasteiger partial charge in [0.25, 0.3) is 0 Å². The Kier molecular flexibility index (Phi) is 5.58. The highest BCUT2D eigenvalue weighted by molar-refractivity contribution is 7.99. The highest BCUT2D eigenvalue weighted by Crippen LogP contribution is 2.31. The molecule has 1 N–H and O–H groups in total. The molecule has 0 spiro atoms. The number of nitrogens with one attached hydrogen (secondary N) is 1. The summed E-state index contributed by atoms with van der Waals surface area (Å²) in [5.41, 5.74) is 0. The maximum Gasteiger partial charge on any atom is 0.239 e. The molecule has 1 saturated heterocycles. The van der Waals surface area contributed by atoms with Gasteiger partial charge in [-0.2, -0.15) is 11.8 Å². The van der Waals surface area contributed by atoms with E-state index in [-0.39, 0.29) is 6.04 Å². The summed E-state index contributed by atoms with van der Waals surface area (Å²) in [5, 5.41) is 4.25. The van der Waals surface area contributed by atoms with Crippen LogP contribution in [0, 0.1) is 0 Å². The first kappa shape index (κ1) is 15.2. The van der Waals surface area contributed by atoms with E-state index in [4.69, 9.17) is 0 Å². The fourth-order valence-electron chi connectivity index (χ4n) is 3.41. The SMILES string of the molecule is CSC1CCC(N2CCCC(NC(C)C)C2=O)CC1. The predicted octanol–water partition coefficient (Wildman–Crippen LogP) is 2.65. The van der Waals surface area contributed by atoms with Crippen molar-refractivity contribution in [1.29, 1.82) is 0 Å². The van der Waals surface area contributed by atoms with Crippen LogP contribution in [0.5, 0.6) is 0 Å². The maximum absolute atomic E-state index is 12.6. The molecule has 0 radical (unpaired) electrons. The van der Waals surface area contributed by atoms with Crippen LogP contribution in [0.1, 0.15) is 52.4 Å². The molecule has 2 rings (SSSR count). The van der Waals surface area contributed by atoms with Crippen LogP contribution in [0.3, 0.4) is 0 Å². The van der Waals surface area contributed by atoms with Crippen LogP contribution in [0.4, 0.5) is 0 Å². The van der Waals surface area contributed by atoms with E-state index >= 15 is 0 Å². The number of carbonyl (C=O) groups excluding carboxylic acids is 1. The number of nitrogens with zero attached hydrogens (tertiary/aromatic N) is 1. The van der Waals surface area contributed by atoms with Gasteiger partial charge in [-0.15, -0.1) is 0 Å². The van der Waals surface area contributed by atoms with Crippen LogP contribution in [0.15, 0.2) is 0 Å². The standard InChI is InChI=1S/C15H28N2OS/c1-11(2)16-14-5-4-10-17(15(14)18)12-6-8-13(19-3)9-7-12/h11-14,16H,4-10H2,1-3H3. The summed E-state index contributed by atoms with van der Waals surface area (Å²) < 4.78 is 0. The fraction of sp³-hybridized carbons (Fsp3) is 0.933. The van der Waals surface area contributed by atoms with Crippen LogP contribution in [-0.2, 0) is 4.79 Å². The van der Waals surface area contributed by atoms with E-state index in [2.05, 4.69) is 30.3 Å². The van der Waals surface area contributed by atoms with Crippen molar-refractivity contribution in [2.75, 3.05) is 12.8 Å². The van der Waals surface area contributed by atoms with E-state index in [9.17, 15) is 4.79 Å². The van der Waals surface area contributed by atoms with E-state index in [0.29, 0.717) is 18.0 Å². The lowest BCUT2D eigenvalue weighted by Crippen LogP contribution is -2.56. The number of piperidine rings is 1. The second-order valence-corrected chi connectivity index (χ2v) is 7.35. The summed E-state index contributed by atoms with van der Waals surface area (Å²) >= 11 is 1.99. The zero-order chi connectivity index (χ0) is 13.8. The Morgan fingerprint density at radius 3 is 2.47 bits per heavy atom. The maximum atomic E-state index is 12.6. The molecule has 1 unspecified atom stereocenters. The number of hydrogen-bond donors (Lipinski definition) is 1. The number of amides is 1. The average molecular weight is 284 g/mol. The zero-order valence-corrected chi connectivity index (χ0v) is 13.3. The Morgan fingerprint density at radius 2 is 1.89 bits per heavy atom. The molecule has 0 aromatic carbocycles. The topological polar surface area (TPSA) is 32.3 Å². The van der Waals surface area contributed by atoms with Crippen LogP contribution in [0.25, 0.3) is 0 Å². The molecule has 0 bridgehead atoms. The molecule has 4 heteroatoms. The Bertz CT molecular complexity index is 301. The summed E-state index contributed by atoms with van der Waals surface area (Å²) in [6.07, 6.45) is 9.32. The van der Waals surface area contributed by atoms with Crippen LogP contribution < -0.4 is 5.32 Å². The third-order valence-electron chi connectivity index (χ3n) is 4.43. The fourth-order valence-corrected chi connectivity index (χ4v) is 4.16. The molecule has 1 heterocycles. The van der Waals surface area contributed by atoms with Gasteiger partial charge in [-0.25, -0.2) is 0 Å². The quantitative estimate of drug-likeness (QED) is 0.861. The van der Waals surface area contributed by atoms with Crippen molar-refractivity contribution in [1.82, 2.24) is 10.2 Å². The molecule has 110 valence electrons. The molecule has 0 aromatic heterocycles. The van der Waals surface area contributed by atoms with Crippen molar-refractivity contribution >= 4 is 17.7 Å². The third kappa shape index (κ3) is 3.88. The second-order valence-electron chi connectivity index (χ2n) is 6.21. The van der Waals surface area contributed by atoms with Gasteiger partial charge < -0.3 is 10.2 Å². The Balaban J connectivity index is 1.91. The van der Waals surface area contributed by atoms with E-state index in [0.717, 1.165) is 24.6 Å². The minimum Gasteiger partial charge on any atom is -0.338 e. The Labute approximate surface area is 121 Å². The first-order valence-electron chi connectivity index (χ1n) is 7.71. The minimum absolute atomic E-state index is 0.0621. The van der Waals surface area contributed by atoms with E-state index in [1.165, 1.54) is 25.7 Å².